The molecule has 116 valence electrons. The van der Waals surface area contributed by atoms with Crippen LogP contribution in [0.1, 0.15) is 57.6 Å². The number of benzene rings is 1. The molecular formula is C18H27NO2. The van der Waals surface area contributed by atoms with Crippen LogP contribution in [0, 0.1) is 0 Å². The van der Waals surface area contributed by atoms with Gasteiger partial charge in [-0.25, -0.2) is 0 Å². The van der Waals surface area contributed by atoms with Crippen molar-refractivity contribution in [1.82, 2.24) is 5.32 Å². The predicted molar refractivity (Wildman–Crippen MR) is 84.7 cm³/mol. The lowest BCUT2D eigenvalue weighted by atomic mass is 9.84. The molecule has 1 N–H and O–H groups in total. The van der Waals surface area contributed by atoms with Crippen molar-refractivity contribution in [1.29, 1.82) is 0 Å². The fraction of sp³-hybridized carbons (Fsp3) is 0.667. The Labute approximate surface area is 128 Å². The Morgan fingerprint density at radius 2 is 2.24 bits per heavy atom. The van der Waals surface area contributed by atoms with Gasteiger partial charge < -0.3 is 14.8 Å². The van der Waals surface area contributed by atoms with E-state index >= 15 is 0 Å². The van der Waals surface area contributed by atoms with Crippen molar-refractivity contribution in [3.05, 3.63) is 29.8 Å². The molecule has 2 unspecified atom stereocenters. The van der Waals surface area contributed by atoms with Crippen LogP contribution in [0.25, 0.3) is 0 Å². The molecular weight excluding hydrogens is 262 g/mol. The summed E-state index contributed by atoms with van der Waals surface area (Å²) in [6.07, 6.45) is 6.37. The van der Waals surface area contributed by atoms with Crippen molar-refractivity contribution in [2.24, 2.45) is 0 Å². The summed E-state index contributed by atoms with van der Waals surface area (Å²) in [5.41, 5.74) is 1.16. The van der Waals surface area contributed by atoms with Crippen LogP contribution in [-0.4, -0.2) is 24.9 Å². The largest absolute Gasteiger partial charge is 0.490 e. The number of ether oxygens (including phenoxy) is 2. The molecule has 3 rings (SSSR count). The molecule has 21 heavy (non-hydrogen) atoms. The van der Waals surface area contributed by atoms with Crippen LogP contribution < -0.4 is 10.1 Å². The van der Waals surface area contributed by atoms with Gasteiger partial charge in [-0.3, -0.25) is 0 Å². The lowest BCUT2D eigenvalue weighted by molar-refractivity contribution is -0.0895. The second-order valence-electron chi connectivity index (χ2n) is 6.50. The first-order valence-corrected chi connectivity index (χ1v) is 8.35. The second-order valence-corrected chi connectivity index (χ2v) is 6.50. The van der Waals surface area contributed by atoms with Crippen molar-refractivity contribution in [2.45, 2.75) is 63.7 Å². The zero-order chi connectivity index (χ0) is 14.7. The molecule has 1 saturated heterocycles. The van der Waals surface area contributed by atoms with Gasteiger partial charge in [-0.1, -0.05) is 19.1 Å². The van der Waals surface area contributed by atoms with Crippen molar-refractivity contribution < 1.29 is 9.47 Å². The molecule has 3 nitrogen and oxygen atoms in total. The number of hydrogen-bond donors (Lipinski definition) is 1. The molecule has 2 fully saturated rings. The first kappa shape index (κ1) is 14.9. The summed E-state index contributed by atoms with van der Waals surface area (Å²) in [5.74, 6) is 0.998. The van der Waals surface area contributed by atoms with Gasteiger partial charge in [0.15, 0.2) is 0 Å². The molecule has 1 aromatic carbocycles. The fourth-order valence-electron chi connectivity index (χ4n) is 3.22. The predicted octanol–water partition coefficient (Wildman–Crippen LogP) is 3.84. The highest BCUT2D eigenvalue weighted by Gasteiger charge is 2.37. The highest BCUT2D eigenvalue weighted by atomic mass is 16.5. The van der Waals surface area contributed by atoms with Crippen LogP contribution in [0.2, 0.25) is 0 Å². The lowest BCUT2D eigenvalue weighted by Crippen LogP contribution is -2.45. The third kappa shape index (κ3) is 3.58. The van der Waals surface area contributed by atoms with E-state index in [9.17, 15) is 0 Å². The smallest absolute Gasteiger partial charge is 0.120 e. The average molecular weight is 289 g/mol. The molecule has 0 aromatic heterocycles. The molecule has 1 heterocycles. The third-order valence-corrected chi connectivity index (χ3v) is 4.54. The van der Waals surface area contributed by atoms with Gasteiger partial charge in [0.05, 0.1) is 17.7 Å². The van der Waals surface area contributed by atoms with Gasteiger partial charge in [-0.05, 0) is 63.3 Å². The molecule has 1 aliphatic heterocycles. The maximum absolute atomic E-state index is 6.16. The summed E-state index contributed by atoms with van der Waals surface area (Å²) in [6.45, 7) is 6.21. The Morgan fingerprint density at radius 3 is 2.90 bits per heavy atom. The van der Waals surface area contributed by atoms with Gasteiger partial charge in [0.25, 0.3) is 0 Å². The van der Waals surface area contributed by atoms with Crippen LogP contribution in [0.4, 0.5) is 0 Å². The van der Waals surface area contributed by atoms with Crippen LogP contribution in [0.3, 0.4) is 0 Å². The Hall–Kier alpha value is -1.06. The minimum Gasteiger partial charge on any atom is -0.490 e. The standard InChI is InChI=1S/C18H27NO2/c1-3-19-17(18(2)11-4-5-12-20-18)14-7-6-8-16(13-14)21-15-9-10-15/h6-8,13,15,17,19H,3-5,9-12H2,1-2H3. The van der Waals surface area contributed by atoms with E-state index in [4.69, 9.17) is 9.47 Å². The third-order valence-electron chi connectivity index (χ3n) is 4.54. The molecule has 0 spiro atoms. The van der Waals surface area contributed by atoms with Gasteiger partial charge >= 0.3 is 0 Å². The van der Waals surface area contributed by atoms with Crippen molar-refractivity contribution in [2.75, 3.05) is 13.2 Å². The van der Waals surface area contributed by atoms with E-state index in [2.05, 4.69) is 43.4 Å². The summed E-state index contributed by atoms with van der Waals surface area (Å²) < 4.78 is 12.1. The van der Waals surface area contributed by atoms with Crippen LogP contribution in [-0.2, 0) is 4.74 Å². The fourth-order valence-corrected chi connectivity index (χ4v) is 3.22. The van der Waals surface area contributed by atoms with Crippen molar-refractivity contribution in [3.8, 4) is 5.75 Å². The number of hydrogen-bond acceptors (Lipinski definition) is 3. The van der Waals surface area contributed by atoms with E-state index in [1.54, 1.807) is 0 Å². The van der Waals surface area contributed by atoms with Gasteiger partial charge in [0, 0.05) is 6.61 Å². The average Bonchev–Trinajstić information content (AvgIpc) is 3.29. The van der Waals surface area contributed by atoms with E-state index in [1.807, 2.05) is 0 Å². The van der Waals surface area contributed by atoms with Gasteiger partial charge in [-0.2, -0.15) is 0 Å². The van der Waals surface area contributed by atoms with E-state index in [-0.39, 0.29) is 11.6 Å². The SMILES string of the molecule is CCNC(c1cccc(OC2CC2)c1)C1(C)CCCCO1. The molecule has 0 amide bonds. The number of rotatable bonds is 6. The highest BCUT2D eigenvalue weighted by molar-refractivity contribution is 5.32. The molecule has 2 atom stereocenters. The maximum Gasteiger partial charge on any atom is 0.120 e. The normalized spacial score (nSPS) is 27.3. The summed E-state index contributed by atoms with van der Waals surface area (Å²) in [5, 5.41) is 3.62. The molecule has 3 heteroatoms. The van der Waals surface area contributed by atoms with E-state index < -0.39 is 0 Å². The van der Waals surface area contributed by atoms with E-state index in [0.717, 1.165) is 25.3 Å². The second kappa shape index (κ2) is 6.37. The highest BCUT2D eigenvalue weighted by Crippen LogP contribution is 2.38. The molecule has 0 bridgehead atoms. The lowest BCUT2D eigenvalue weighted by Gasteiger charge is -2.41. The summed E-state index contributed by atoms with van der Waals surface area (Å²) in [7, 11) is 0. The quantitative estimate of drug-likeness (QED) is 0.863. The topological polar surface area (TPSA) is 30.5 Å². The van der Waals surface area contributed by atoms with E-state index in [0.29, 0.717) is 6.10 Å². The minimum atomic E-state index is -0.119. The Balaban J connectivity index is 1.81. The van der Waals surface area contributed by atoms with Crippen molar-refractivity contribution in [3.63, 3.8) is 0 Å². The molecule has 1 aromatic rings. The number of likely N-dealkylation sites (N-methyl/N-ethyl adjacent to an activating group) is 1. The number of nitrogens with one attached hydrogen (secondary N) is 1. The molecule has 1 aliphatic carbocycles. The summed E-state index contributed by atoms with van der Waals surface area (Å²) in [6, 6.07) is 8.77. The minimum absolute atomic E-state index is 0.119. The Bertz CT molecular complexity index is 464. The van der Waals surface area contributed by atoms with Crippen LogP contribution >= 0.6 is 0 Å². The van der Waals surface area contributed by atoms with Crippen molar-refractivity contribution >= 4 is 0 Å². The molecule has 2 aliphatic rings. The van der Waals surface area contributed by atoms with E-state index in [1.165, 1.54) is 31.2 Å². The zero-order valence-electron chi connectivity index (χ0n) is 13.2. The zero-order valence-corrected chi connectivity index (χ0v) is 13.2. The van der Waals surface area contributed by atoms with Gasteiger partial charge in [-0.15, -0.1) is 0 Å². The first-order valence-electron chi connectivity index (χ1n) is 8.35. The van der Waals surface area contributed by atoms with Gasteiger partial charge in [0.1, 0.15) is 5.75 Å². The summed E-state index contributed by atoms with van der Waals surface area (Å²) in [4.78, 5) is 0. The van der Waals surface area contributed by atoms with Crippen LogP contribution in [0.5, 0.6) is 5.75 Å². The maximum atomic E-state index is 6.16. The Morgan fingerprint density at radius 1 is 1.38 bits per heavy atom. The Kier molecular flexibility index (Phi) is 4.51. The summed E-state index contributed by atoms with van der Waals surface area (Å²) >= 11 is 0. The molecule has 1 saturated carbocycles. The van der Waals surface area contributed by atoms with Crippen LogP contribution in [0.15, 0.2) is 24.3 Å². The first-order chi connectivity index (χ1) is 10.2. The van der Waals surface area contributed by atoms with Gasteiger partial charge in [0.2, 0.25) is 0 Å². The monoisotopic (exact) mass is 289 g/mol. The molecule has 0 radical (unpaired) electrons.